The van der Waals surface area contributed by atoms with Gasteiger partial charge in [-0.2, -0.15) is 0 Å². The van der Waals surface area contributed by atoms with E-state index in [1.807, 2.05) is 0 Å². The van der Waals surface area contributed by atoms with Gasteiger partial charge in [0.15, 0.2) is 0 Å². The maximum absolute atomic E-state index is 10.8. The molecule has 3 rings (SSSR count). The molecule has 0 fully saturated rings. The molecule has 0 aliphatic rings. The number of carboxylic acid groups (broad SMARTS) is 2. The van der Waals surface area contributed by atoms with Crippen molar-refractivity contribution in [1.82, 2.24) is 20.2 Å². The van der Waals surface area contributed by atoms with Crippen molar-refractivity contribution >= 4 is 11.9 Å². The third-order valence-corrected chi connectivity index (χ3v) is 3.15. The van der Waals surface area contributed by atoms with Gasteiger partial charge in [0.05, 0.1) is 16.8 Å². The van der Waals surface area contributed by atoms with E-state index in [0.717, 1.165) is 0 Å². The highest BCUT2D eigenvalue weighted by Gasteiger charge is 2.10. The van der Waals surface area contributed by atoms with E-state index in [-0.39, 0.29) is 11.1 Å². The fraction of sp³-hybridized carbons (Fsp3) is 0. The molecule has 0 aliphatic heterocycles. The third kappa shape index (κ3) is 2.91. The van der Waals surface area contributed by atoms with Gasteiger partial charge >= 0.3 is 11.9 Å². The summed E-state index contributed by atoms with van der Waals surface area (Å²) in [5, 5.41) is 29.8. The van der Waals surface area contributed by atoms with Crippen LogP contribution < -0.4 is 0 Å². The molecule has 0 spiro atoms. The third-order valence-electron chi connectivity index (χ3n) is 3.15. The lowest BCUT2D eigenvalue weighted by Gasteiger charge is -1.99. The molecule has 3 aromatic rings. The van der Waals surface area contributed by atoms with E-state index in [1.165, 1.54) is 29.1 Å². The minimum Gasteiger partial charge on any atom is -0.478 e. The summed E-state index contributed by atoms with van der Waals surface area (Å²) in [5.74, 6) is -1.68. The summed E-state index contributed by atoms with van der Waals surface area (Å²) in [6.45, 7) is 0. The molecule has 0 bridgehead atoms. The number of hydrogen-bond donors (Lipinski definition) is 2. The van der Waals surface area contributed by atoms with Crippen molar-refractivity contribution in [2.24, 2.45) is 0 Å². The first-order valence-corrected chi connectivity index (χ1v) is 6.52. The lowest BCUT2D eigenvalue weighted by atomic mass is 10.1. The molecule has 1 heterocycles. The molecule has 0 atom stereocenters. The number of carbonyl (C=O) groups is 2. The van der Waals surface area contributed by atoms with E-state index in [0.29, 0.717) is 17.1 Å². The molecule has 8 nitrogen and oxygen atoms in total. The van der Waals surface area contributed by atoms with Gasteiger partial charge in [-0.05, 0) is 41.6 Å². The van der Waals surface area contributed by atoms with Gasteiger partial charge in [-0.3, -0.25) is 0 Å². The predicted molar refractivity (Wildman–Crippen MR) is 78.5 cm³/mol. The van der Waals surface area contributed by atoms with Gasteiger partial charge in [0.1, 0.15) is 0 Å². The molecule has 1 aromatic heterocycles. The van der Waals surface area contributed by atoms with Crippen molar-refractivity contribution in [2.75, 3.05) is 0 Å². The largest absolute Gasteiger partial charge is 0.478 e. The van der Waals surface area contributed by atoms with E-state index in [9.17, 15) is 9.59 Å². The van der Waals surface area contributed by atoms with Crippen LogP contribution in [0.5, 0.6) is 0 Å². The highest BCUT2D eigenvalue weighted by Crippen LogP contribution is 2.16. The zero-order chi connectivity index (χ0) is 16.4. The van der Waals surface area contributed by atoms with Crippen molar-refractivity contribution in [3.05, 3.63) is 59.7 Å². The molecule has 0 amide bonds. The average Bonchev–Trinajstić information content (AvgIpc) is 3.05. The highest BCUT2D eigenvalue weighted by atomic mass is 16.4. The van der Waals surface area contributed by atoms with Gasteiger partial charge in [-0.15, -0.1) is 15.0 Å². The Balaban J connectivity index is 1.87. The van der Waals surface area contributed by atoms with E-state index in [2.05, 4.69) is 15.4 Å². The van der Waals surface area contributed by atoms with E-state index in [1.54, 1.807) is 24.3 Å². The fourth-order valence-electron chi connectivity index (χ4n) is 1.94. The lowest BCUT2D eigenvalue weighted by Crippen LogP contribution is -2.01. The maximum Gasteiger partial charge on any atom is 0.335 e. The first kappa shape index (κ1) is 14.4. The van der Waals surface area contributed by atoms with Crippen LogP contribution in [0.4, 0.5) is 0 Å². The number of tetrazole rings is 1. The van der Waals surface area contributed by atoms with Crippen LogP contribution in [0.25, 0.3) is 17.1 Å². The molecule has 2 aromatic carbocycles. The summed E-state index contributed by atoms with van der Waals surface area (Å²) < 4.78 is 0. The molecular formula is C15H10N4O4. The van der Waals surface area contributed by atoms with Crippen LogP contribution in [0.2, 0.25) is 0 Å². The first-order chi connectivity index (χ1) is 11.0. The Morgan fingerprint density at radius 2 is 1.35 bits per heavy atom. The minimum atomic E-state index is -1.01. The van der Waals surface area contributed by atoms with Crippen LogP contribution in [-0.4, -0.2) is 42.4 Å². The number of benzene rings is 2. The van der Waals surface area contributed by atoms with Crippen molar-refractivity contribution < 1.29 is 19.8 Å². The Hall–Kier alpha value is -3.55. The average molecular weight is 310 g/mol. The molecule has 114 valence electrons. The second-order valence-corrected chi connectivity index (χ2v) is 4.64. The van der Waals surface area contributed by atoms with E-state index < -0.39 is 11.9 Å². The molecule has 2 N–H and O–H groups in total. The van der Waals surface area contributed by atoms with E-state index >= 15 is 0 Å². The maximum atomic E-state index is 10.8. The Bertz CT molecular complexity index is 797. The van der Waals surface area contributed by atoms with Crippen molar-refractivity contribution in [1.29, 1.82) is 0 Å². The summed E-state index contributed by atoms with van der Waals surface area (Å²) in [7, 11) is 0. The minimum absolute atomic E-state index is 0.165. The quantitative estimate of drug-likeness (QED) is 0.753. The van der Waals surface area contributed by atoms with Gasteiger partial charge < -0.3 is 10.2 Å². The normalized spacial score (nSPS) is 10.4. The van der Waals surface area contributed by atoms with Gasteiger partial charge in [-0.25, -0.2) is 9.59 Å². The second kappa shape index (κ2) is 5.68. The fourth-order valence-corrected chi connectivity index (χ4v) is 1.94. The first-order valence-electron chi connectivity index (χ1n) is 6.52. The number of aromatic carboxylic acids is 2. The van der Waals surface area contributed by atoms with Gasteiger partial charge in [0.25, 0.3) is 0 Å². The number of rotatable bonds is 4. The van der Waals surface area contributed by atoms with Gasteiger partial charge in [0.2, 0.25) is 5.82 Å². The van der Waals surface area contributed by atoms with Crippen molar-refractivity contribution in [3.63, 3.8) is 0 Å². The number of hydrogen-bond acceptors (Lipinski definition) is 5. The summed E-state index contributed by atoms with van der Waals surface area (Å²) in [4.78, 5) is 22.9. The Morgan fingerprint density at radius 1 is 0.826 bits per heavy atom. The second-order valence-electron chi connectivity index (χ2n) is 4.64. The molecule has 0 saturated heterocycles. The van der Waals surface area contributed by atoms with E-state index in [4.69, 9.17) is 10.2 Å². The van der Waals surface area contributed by atoms with Crippen LogP contribution in [0.15, 0.2) is 48.5 Å². The van der Waals surface area contributed by atoms with Crippen LogP contribution in [0.1, 0.15) is 20.7 Å². The van der Waals surface area contributed by atoms with Crippen LogP contribution in [-0.2, 0) is 0 Å². The zero-order valence-electron chi connectivity index (χ0n) is 11.6. The summed E-state index contributed by atoms with van der Waals surface area (Å²) in [5.41, 5.74) is 1.53. The number of nitrogens with zero attached hydrogens (tertiary/aromatic N) is 4. The number of carboxylic acids is 2. The Morgan fingerprint density at radius 3 is 1.87 bits per heavy atom. The Kier molecular flexibility index (Phi) is 3.55. The summed E-state index contributed by atoms with van der Waals surface area (Å²) >= 11 is 0. The SMILES string of the molecule is O=C(O)c1ccc(-c2nnn(-c3ccc(C(=O)O)cc3)n2)cc1. The smallest absolute Gasteiger partial charge is 0.335 e. The van der Waals surface area contributed by atoms with Gasteiger partial charge in [0, 0.05) is 5.56 Å². The highest BCUT2D eigenvalue weighted by molar-refractivity contribution is 5.88. The zero-order valence-corrected chi connectivity index (χ0v) is 11.6. The molecule has 0 saturated carbocycles. The summed E-state index contributed by atoms with van der Waals surface area (Å²) in [6.07, 6.45) is 0. The van der Waals surface area contributed by atoms with Crippen LogP contribution in [0.3, 0.4) is 0 Å². The molecular weight excluding hydrogens is 300 g/mol. The monoisotopic (exact) mass is 310 g/mol. The Labute approximate surface area is 129 Å². The van der Waals surface area contributed by atoms with Crippen molar-refractivity contribution in [3.8, 4) is 17.1 Å². The molecule has 0 radical (unpaired) electrons. The molecule has 23 heavy (non-hydrogen) atoms. The van der Waals surface area contributed by atoms with Gasteiger partial charge in [-0.1, -0.05) is 12.1 Å². The van der Waals surface area contributed by atoms with Crippen LogP contribution >= 0.6 is 0 Å². The van der Waals surface area contributed by atoms with Crippen molar-refractivity contribution in [2.45, 2.75) is 0 Å². The molecule has 0 aliphatic carbocycles. The molecule has 0 unspecified atom stereocenters. The van der Waals surface area contributed by atoms with Crippen LogP contribution in [0, 0.1) is 0 Å². The standard InChI is InChI=1S/C15H10N4O4/c20-14(21)10-3-1-9(2-4-10)13-16-18-19(17-13)12-7-5-11(6-8-12)15(22)23/h1-8H,(H,20,21)(H,22,23). The summed E-state index contributed by atoms with van der Waals surface area (Å²) in [6, 6.07) is 12.1. The number of aromatic nitrogens is 4. The topological polar surface area (TPSA) is 118 Å². The molecule has 8 heteroatoms. The lowest BCUT2D eigenvalue weighted by molar-refractivity contribution is 0.0686. The predicted octanol–water partition coefficient (Wildman–Crippen LogP) is 1.73.